The average molecular weight is 322 g/mol. The molecule has 0 atom stereocenters. The number of hydrogen-bond acceptors (Lipinski definition) is 5. The molecule has 2 heterocycles. The average Bonchev–Trinajstić information content (AvgIpc) is 2.42. The molecule has 0 aliphatic carbocycles. The lowest BCUT2D eigenvalue weighted by atomic mass is 10.4. The molecule has 2 rings (SSSR count). The third-order valence-corrected chi connectivity index (χ3v) is 2.86. The van der Waals surface area contributed by atoms with Gasteiger partial charge in [-0.3, -0.25) is 9.78 Å². The number of aromatic nitrogens is 3. The molecular weight excluding hydrogens is 310 g/mol. The number of pyridine rings is 1. The van der Waals surface area contributed by atoms with Gasteiger partial charge in [0.25, 0.3) is 5.91 Å². The van der Waals surface area contributed by atoms with Crippen LogP contribution in [0.1, 0.15) is 17.4 Å². The van der Waals surface area contributed by atoms with E-state index in [2.05, 4.69) is 41.5 Å². The molecule has 6 nitrogen and oxygen atoms in total. The second kappa shape index (κ2) is 6.24. The standard InChI is InChI=1S/C12H12BrN5O/c1-2-15-10-7-14-6-9(17-10)12(19)18-11-8(13)4-3-5-16-11/h3-7H,2H2,1H3,(H,15,17)(H,16,18,19). The fraction of sp³-hybridized carbons (Fsp3) is 0.167. The number of amides is 1. The first-order valence-corrected chi connectivity index (χ1v) is 6.47. The normalized spacial score (nSPS) is 10.0. The van der Waals surface area contributed by atoms with Crippen molar-refractivity contribution in [2.24, 2.45) is 0 Å². The van der Waals surface area contributed by atoms with Crippen molar-refractivity contribution >= 4 is 33.5 Å². The van der Waals surface area contributed by atoms with Crippen molar-refractivity contribution in [2.45, 2.75) is 6.92 Å². The molecule has 0 bridgehead atoms. The highest BCUT2D eigenvalue weighted by Gasteiger charge is 2.11. The largest absolute Gasteiger partial charge is 0.369 e. The van der Waals surface area contributed by atoms with Gasteiger partial charge in [-0.2, -0.15) is 0 Å². The van der Waals surface area contributed by atoms with E-state index in [0.29, 0.717) is 22.7 Å². The maximum Gasteiger partial charge on any atom is 0.277 e. The van der Waals surface area contributed by atoms with E-state index >= 15 is 0 Å². The first kappa shape index (κ1) is 13.4. The van der Waals surface area contributed by atoms with Crippen LogP contribution < -0.4 is 10.6 Å². The number of halogens is 1. The van der Waals surface area contributed by atoms with Crippen molar-refractivity contribution in [1.82, 2.24) is 15.0 Å². The second-order valence-electron chi connectivity index (χ2n) is 3.61. The number of anilines is 2. The van der Waals surface area contributed by atoms with E-state index in [-0.39, 0.29) is 11.6 Å². The minimum absolute atomic E-state index is 0.232. The SMILES string of the molecule is CCNc1cncc(C(=O)Nc2ncccc2Br)n1. The lowest BCUT2D eigenvalue weighted by Gasteiger charge is -2.06. The van der Waals surface area contributed by atoms with Crippen molar-refractivity contribution in [3.63, 3.8) is 0 Å². The molecule has 0 fully saturated rings. The third-order valence-electron chi connectivity index (χ3n) is 2.22. The van der Waals surface area contributed by atoms with Crippen molar-refractivity contribution < 1.29 is 4.79 Å². The summed E-state index contributed by atoms with van der Waals surface area (Å²) >= 11 is 3.31. The topological polar surface area (TPSA) is 79.8 Å². The maximum atomic E-state index is 12.0. The van der Waals surface area contributed by atoms with Crippen LogP contribution in [0.15, 0.2) is 35.2 Å². The Kier molecular flexibility index (Phi) is 4.40. The summed E-state index contributed by atoms with van der Waals surface area (Å²) in [6.45, 7) is 2.66. The molecule has 98 valence electrons. The number of rotatable bonds is 4. The maximum absolute atomic E-state index is 12.0. The predicted molar refractivity (Wildman–Crippen MR) is 76.1 cm³/mol. The van der Waals surface area contributed by atoms with Gasteiger partial charge < -0.3 is 10.6 Å². The van der Waals surface area contributed by atoms with Crippen LogP contribution >= 0.6 is 15.9 Å². The van der Waals surface area contributed by atoms with Crippen LogP contribution in [0.3, 0.4) is 0 Å². The summed E-state index contributed by atoms with van der Waals surface area (Å²) in [6.07, 6.45) is 4.57. The molecule has 0 aliphatic rings. The van der Waals surface area contributed by atoms with Gasteiger partial charge in [0, 0.05) is 12.7 Å². The Balaban J connectivity index is 2.16. The van der Waals surface area contributed by atoms with Gasteiger partial charge >= 0.3 is 0 Å². The Morgan fingerprint density at radius 1 is 1.42 bits per heavy atom. The molecule has 0 spiro atoms. The number of carbonyl (C=O) groups excluding carboxylic acids is 1. The Morgan fingerprint density at radius 3 is 3.00 bits per heavy atom. The van der Waals surface area contributed by atoms with Crippen molar-refractivity contribution in [1.29, 1.82) is 0 Å². The molecule has 0 aromatic carbocycles. The van der Waals surface area contributed by atoms with Gasteiger partial charge in [-0.1, -0.05) is 0 Å². The van der Waals surface area contributed by atoms with Gasteiger partial charge in [-0.25, -0.2) is 9.97 Å². The van der Waals surface area contributed by atoms with Crippen LogP contribution in [0.4, 0.5) is 11.6 Å². The third kappa shape index (κ3) is 3.47. The molecule has 1 amide bonds. The lowest BCUT2D eigenvalue weighted by Crippen LogP contribution is -2.16. The van der Waals surface area contributed by atoms with Crippen LogP contribution in [0.2, 0.25) is 0 Å². The van der Waals surface area contributed by atoms with E-state index in [1.54, 1.807) is 24.5 Å². The van der Waals surface area contributed by atoms with Gasteiger partial charge in [0.2, 0.25) is 0 Å². The number of nitrogens with one attached hydrogen (secondary N) is 2. The molecular formula is C12H12BrN5O. The fourth-order valence-corrected chi connectivity index (χ4v) is 1.75. The highest BCUT2D eigenvalue weighted by molar-refractivity contribution is 9.10. The first-order valence-electron chi connectivity index (χ1n) is 5.68. The van der Waals surface area contributed by atoms with E-state index in [1.807, 2.05) is 6.92 Å². The molecule has 0 saturated carbocycles. The van der Waals surface area contributed by atoms with Gasteiger partial charge in [0.05, 0.1) is 16.9 Å². The molecule has 0 unspecified atom stereocenters. The van der Waals surface area contributed by atoms with Crippen LogP contribution in [0, 0.1) is 0 Å². The first-order chi connectivity index (χ1) is 9.20. The van der Waals surface area contributed by atoms with Gasteiger partial charge in [0.1, 0.15) is 17.3 Å². The molecule has 0 aliphatic heterocycles. The quantitative estimate of drug-likeness (QED) is 0.903. The molecule has 2 N–H and O–H groups in total. The zero-order valence-corrected chi connectivity index (χ0v) is 11.8. The smallest absolute Gasteiger partial charge is 0.277 e. The van der Waals surface area contributed by atoms with Crippen LogP contribution in [-0.2, 0) is 0 Å². The summed E-state index contributed by atoms with van der Waals surface area (Å²) in [6, 6.07) is 3.56. The van der Waals surface area contributed by atoms with Crippen molar-refractivity contribution in [3.8, 4) is 0 Å². The predicted octanol–water partition coefficient (Wildman–Crippen LogP) is 2.32. The zero-order valence-electron chi connectivity index (χ0n) is 10.2. The Morgan fingerprint density at radius 2 is 2.26 bits per heavy atom. The van der Waals surface area contributed by atoms with Gasteiger partial charge in [-0.05, 0) is 35.0 Å². The molecule has 7 heteroatoms. The van der Waals surface area contributed by atoms with E-state index < -0.39 is 0 Å². The molecule has 0 radical (unpaired) electrons. The summed E-state index contributed by atoms with van der Waals surface area (Å²) in [7, 11) is 0. The highest BCUT2D eigenvalue weighted by atomic mass is 79.9. The van der Waals surface area contributed by atoms with E-state index in [1.165, 1.54) is 6.20 Å². The van der Waals surface area contributed by atoms with Crippen molar-refractivity contribution in [2.75, 3.05) is 17.2 Å². The van der Waals surface area contributed by atoms with E-state index in [9.17, 15) is 4.79 Å². The molecule has 2 aromatic heterocycles. The second-order valence-corrected chi connectivity index (χ2v) is 4.46. The Labute approximate surface area is 118 Å². The zero-order chi connectivity index (χ0) is 13.7. The summed E-state index contributed by atoms with van der Waals surface area (Å²) < 4.78 is 0.708. The number of nitrogens with zero attached hydrogens (tertiary/aromatic N) is 3. The summed E-state index contributed by atoms with van der Waals surface area (Å²) in [5, 5.41) is 5.67. The summed E-state index contributed by atoms with van der Waals surface area (Å²) in [5.41, 5.74) is 0.232. The Hall–Kier alpha value is -2.02. The van der Waals surface area contributed by atoms with Crippen LogP contribution in [0.5, 0.6) is 0 Å². The van der Waals surface area contributed by atoms with E-state index in [0.717, 1.165) is 0 Å². The number of hydrogen-bond donors (Lipinski definition) is 2. The minimum atomic E-state index is -0.355. The lowest BCUT2D eigenvalue weighted by molar-refractivity contribution is 0.102. The summed E-state index contributed by atoms with van der Waals surface area (Å²) in [4.78, 5) is 24.2. The van der Waals surface area contributed by atoms with Crippen molar-refractivity contribution in [3.05, 3.63) is 40.9 Å². The van der Waals surface area contributed by atoms with Crippen LogP contribution in [-0.4, -0.2) is 27.4 Å². The Bertz CT molecular complexity index is 590. The molecule has 2 aromatic rings. The minimum Gasteiger partial charge on any atom is -0.369 e. The van der Waals surface area contributed by atoms with Gasteiger partial charge in [-0.15, -0.1) is 0 Å². The molecule has 19 heavy (non-hydrogen) atoms. The molecule has 0 saturated heterocycles. The van der Waals surface area contributed by atoms with E-state index in [4.69, 9.17) is 0 Å². The summed E-state index contributed by atoms with van der Waals surface area (Å²) in [5.74, 6) is 0.657. The number of carbonyl (C=O) groups is 1. The highest BCUT2D eigenvalue weighted by Crippen LogP contribution is 2.18. The monoisotopic (exact) mass is 321 g/mol. The van der Waals surface area contributed by atoms with Gasteiger partial charge in [0.15, 0.2) is 0 Å². The fourth-order valence-electron chi connectivity index (χ4n) is 1.39. The van der Waals surface area contributed by atoms with Crippen LogP contribution in [0.25, 0.3) is 0 Å².